The molecule has 0 amide bonds. The highest BCUT2D eigenvalue weighted by molar-refractivity contribution is 5.97. The number of carbonyl (C=O) groups excluding carboxylic acids is 1. The SMILES string of the molecule is Cc1cccc(C(=O)CC2CCNCC2)c1C. The second-order valence-electron chi connectivity index (χ2n) is 5.07. The molecule has 1 saturated heterocycles. The van der Waals surface area contributed by atoms with Crippen LogP contribution in [0.2, 0.25) is 0 Å². The van der Waals surface area contributed by atoms with Crippen molar-refractivity contribution in [1.82, 2.24) is 5.32 Å². The Hall–Kier alpha value is -1.15. The molecule has 92 valence electrons. The normalized spacial score (nSPS) is 17.1. The minimum Gasteiger partial charge on any atom is -0.317 e. The Morgan fingerprint density at radius 1 is 1.29 bits per heavy atom. The van der Waals surface area contributed by atoms with Gasteiger partial charge >= 0.3 is 0 Å². The van der Waals surface area contributed by atoms with Crippen molar-refractivity contribution in [2.45, 2.75) is 33.1 Å². The van der Waals surface area contributed by atoms with Gasteiger partial charge in [-0.25, -0.2) is 0 Å². The average Bonchev–Trinajstić information content (AvgIpc) is 2.34. The fourth-order valence-electron chi connectivity index (χ4n) is 2.51. The quantitative estimate of drug-likeness (QED) is 0.810. The summed E-state index contributed by atoms with van der Waals surface area (Å²) in [7, 11) is 0. The van der Waals surface area contributed by atoms with Crippen LogP contribution in [0.3, 0.4) is 0 Å². The van der Waals surface area contributed by atoms with E-state index in [-0.39, 0.29) is 0 Å². The first kappa shape index (κ1) is 12.3. The van der Waals surface area contributed by atoms with Gasteiger partial charge in [0.2, 0.25) is 0 Å². The van der Waals surface area contributed by atoms with Crippen molar-refractivity contribution in [1.29, 1.82) is 0 Å². The third-order valence-electron chi connectivity index (χ3n) is 3.84. The first-order valence-corrected chi connectivity index (χ1v) is 6.48. The van der Waals surface area contributed by atoms with Gasteiger partial charge in [-0.15, -0.1) is 0 Å². The number of aryl methyl sites for hydroxylation is 1. The summed E-state index contributed by atoms with van der Waals surface area (Å²) in [5, 5.41) is 3.34. The summed E-state index contributed by atoms with van der Waals surface area (Å²) >= 11 is 0. The van der Waals surface area contributed by atoms with Crippen molar-refractivity contribution in [3.05, 3.63) is 34.9 Å². The first-order chi connectivity index (χ1) is 8.18. The maximum Gasteiger partial charge on any atom is 0.163 e. The van der Waals surface area contributed by atoms with Gasteiger partial charge in [-0.3, -0.25) is 4.79 Å². The van der Waals surface area contributed by atoms with Crippen LogP contribution in [0.15, 0.2) is 18.2 Å². The molecule has 0 spiro atoms. The number of benzene rings is 1. The maximum atomic E-state index is 12.3. The van der Waals surface area contributed by atoms with Gasteiger partial charge in [-0.2, -0.15) is 0 Å². The molecule has 17 heavy (non-hydrogen) atoms. The Balaban J connectivity index is 2.06. The molecule has 0 aromatic heterocycles. The van der Waals surface area contributed by atoms with E-state index in [1.165, 1.54) is 5.56 Å². The zero-order chi connectivity index (χ0) is 12.3. The van der Waals surface area contributed by atoms with E-state index in [4.69, 9.17) is 0 Å². The van der Waals surface area contributed by atoms with Crippen LogP contribution in [-0.4, -0.2) is 18.9 Å². The van der Waals surface area contributed by atoms with Crippen LogP contribution in [0.4, 0.5) is 0 Å². The van der Waals surface area contributed by atoms with E-state index in [1.807, 2.05) is 19.1 Å². The van der Waals surface area contributed by atoms with E-state index < -0.39 is 0 Å². The first-order valence-electron chi connectivity index (χ1n) is 6.48. The predicted molar refractivity (Wildman–Crippen MR) is 70.5 cm³/mol. The van der Waals surface area contributed by atoms with Gasteiger partial charge in [0.15, 0.2) is 5.78 Å². The van der Waals surface area contributed by atoms with E-state index >= 15 is 0 Å². The number of nitrogens with one attached hydrogen (secondary N) is 1. The van der Waals surface area contributed by atoms with Crippen molar-refractivity contribution in [3.8, 4) is 0 Å². The molecule has 2 rings (SSSR count). The molecule has 1 N–H and O–H groups in total. The molecular weight excluding hydrogens is 210 g/mol. The average molecular weight is 231 g/mol. The minimum absolute atomic E-state index is 0.318. The van der Waals surface area contributed by atoms with Crippen LogP contribution in [0.1, 0.15) is 40.7 Å². The smallest absolute Gasteiger partial charge is 0.163 e. The molecule has 0 atom stereocenters. The van der Waals surface area contributed by atoms with Crippen LogP contribution in [-0.2, 0) is 0 Å². The fraction of sp³-hybridized carbons (Fsp3) is 0.533. The standard InChI is InChI=1S/C15H21NO/c1-11-4-3-5-14(12(11)2)15(17)10-13-6-8-16-9-7-13/h3-5,13,16H,6-10H2,1-2H3. The zero-order valence-corrected chi connectivity index (χ0v) is 10.8. The van der Waals surface area contributed by atoms with Crippen LogP contribution < -0.4 is 5.32 Å². The monoisotopic (exact) mass is 231 g/mol. The van der Waals surface area contributed by atoms with E-state index in [0.29, 0.717) is 18.1 Å². The van der Waals surface area contributed by atoms with E-state index in [1.54, 1.807) is 0 Å². The van der Waals surface area contributed by atoms with Crippen LogP contribution in [0.5, 0.6) is 0 Å². The van der Waals surface area contributed by atoms with Crippen molar-refractivity contribution in [3.63, 3.8) is 0 Å². The molecule has 1 aliphatic heterocycles. The van der Waals surface area contributed by atoms with Crippen molar-refractivity contribution in [2.24, 2.45) is 5.92 Å². The lowest BCUT2D eigenvalue weighted by Crippen LogP contribution is -2.29. The van der Waals surface area contributed by atoms with Gasteiger partial charge in [-0.1, -0.05) is 18.2 Å². The molecule has 1 fully saturated rings. The predicted octanol–water partition coefficient (Wildman–Crippen LogP) is 2.88. The van der Waals surface area contributed by atoms with Gasteiger partial charge in [-0.05, 0) is 56.8 Å². The number of Topliss-reactive ketones (excluding diaryl/α,β-unsaturated/α-hetero) is 1. The highest BCUT2D eigenvalue weighted by atomic mass is 16.1. The van der Waals surface area contributed by atoms with Gasteiger partial charge in [0, 0.05) is 12.0 Å². The fourth-order valence-corrected chi connectivity index (χ4v) is 2.51. The lowest BCUT2D eigenvalue weighted by atomic mass is 9.89. The highest BCUT2D eigenvalue weighted by Crippen LogP contribution is 2.21. The maximum absolute atomic E-state index is 12.3. The second-order valence-corrected chi connectivity index (χ2v) is 5.07. The summed E-state index contributed by atoms with van der Waals surface area (Å²) in [6, 6.07) is 6.01. The number of ketones is 1. The van der Waals surface area contributed by atoms with Crippen LogP contribution in [0, 0.1) is 19.8 Å². The molecule has 0 bridgehead atoms. The molecule has 1 aromatic rings. The van der Waals surface area contributed by atoms with E-state index in [2.05, 4.69) is 18.3 Å². The molecule has 0 unspecified atom stereocenters. The Kier molecular flexibility index (Phi) is 3.95. The third kappa shape index (κ3) is 2.95. The summed E-state index contributed by atoms with van der Waals surface area (Å²) < 4.78 is 0. The number of hydrogen-bond acceptors (Lipinski definition) is 2. The summed E-state index contributed by atoms with van der Waals surface area (Å²) in [4.78, 5) is 12.3. The Morgan fingerprint density at radius 2 is 2.00 bits per heavy atom. The molecule has 0 saturated carbocycles. The van der Waals surface area contributed by atoms with Gasteiger partial charge in [0.05, 0.1) is 0 Å². The molecule has 0 aliphatic carbocycles. The number of hydrogen-bond donors (Lipinski definition) is 1. The third-order valence-corrected chi connectivity index (χ3v) is 3.84. The molecule has 1 aliphatic rings. The summed E-state index contributed by atoms with van der Waals surface area (Å²) in [5.41, 5.74) is 3.27. The molecule has 2 heteroatoms. The summed E-state index contributed by atoms with van der Waals surface area (Å²) in [5.74, 6) is 0.891. The van der Waals surface area contributed by atoms with Crippen LogP contribution in [0.25, 0.3) is 0 Å². The molecule has 0 radical (unpaired) electrons. The van der Waals surface area contributed by atoms with Crippen molar-refractivity contribution >= 4 is 5.78 Å². The van der Waals surface area contributed by atoms with E-state index in [9.17, 15) is 4.79 Å². The molecule has 1 aromatic carbocycles. The van der Waals surface area contributed by atoms with Gasteiger partial charge in [0.1, 0.15) is 0 Å². The highest BCUT2D eigenvalue weighted by Gasteiger charge is 2.18. The molecular formula is C15H21NO. The second kappa shape index (κ2) is 5.46. The lowest BCUT2D eigenvalue weighted by Gasteiger charge is -2.22. The van der Waals surface area contributed by atoms with Crippen LogP contribution >= 0.6 is 0 Å². The number of piperidine rings is 1. The molecule has 2 nitrogen and oxygen atoms in total. The zero-order valence-electron chi connectivity index (χ0n) is 10.8. The minimum atomic E-state index is 0.318. The largest absolute Gasteiger partial charge is 0.317 e. The Morgan fingerprint density at radius 3 is 2.71 bits per heavy atom. The summed E-state index contributed by atoms with van der Waals surface area (Å²) in [6.45, 7) is 6.23. The Bertz CT molecular complexity index is 405. The van der Waals surface area contributed by atoms with E-state index in [0.717, 1.165) is 37.1 Å². The topological polar surface area (TPSA) is 29.1 Å². The molecule has 1 heterocycles. The lowest BCUT2D eigenvalue weighted by molar-refractivity contribution is 0.0952. The van der Waals surface area contributed by atoms with Gasteiger partial charge in [0.25, 0.3) is 0 Å². The number of carbonyl (C=O) groups is 1. The summed E-state index contributed by atoms with van der Waals surface area (Å²) in [6.07, 6.45) is 2.99. The Labute approximate surface area is 103 Å². The number of rotatable bonds is 3. The van der Waals surface area contributed by atoms with Gasteiger partial charge < -0.3 is 5.32 Å². The van der Waals surface area contributed by atoms with Crippen molar-refractivity contribution < 1.29 is 4.79 Å². The van der Waals surface area contributed by atoms with Crippen molar-refractivity contribution in [2.75, 3.05) is 13.1 Å².